The molecule has 9 aromatic rings. The van der Waals surface area contributed by atoms with Crippen LogP contribution in [0.1, 0.15) is 0 Å². The molecule has 1 aromatic heterocycles. The van der Waals surface area contributed by atoms with Crippen LogP contribution in [-0.4, -0.2) is 4.98 Å². The van der Waals surface area contributed by atoms with Gasteiger partial charge < -0.3 is 0 Å². The number of hydrogen-bond acceptors (Lipinski definition) is 3. The Balaban J connectivity index is 1.14. The molecule has 0 saturated heterocycles. The number of aromatic nitrogens is 1. The summed E-state index contributed by atoms with van der Waals surface area (Å²) >= 11 is 1.74. The molecule has 0 unspecified atom stereocenters. The Kier molecular flexibility index (Phi) is 6.36. The Bertz CT molecular complexity index is 2510. The molecule has 0 aliphatic carbocycles. The van der Waals surface area contributed by atoms with Gasteiger partial charge >= 0.3 is 0 Å². The molecule has 9 rings (SSSR count). The molecule has 0 bridgehead atoms. The second kappa shape index (κ2) is 11.0. The highest BCUT2D eigenvalue weighted by atomic mass is 32.1. The second-order valence-corrected chi connectivity index (χ2v) is 12.6. The van der Waals surface area contributed by atoms with Crippen molar-refractivity contribution in [2.75, 3.05) is 4.90 Å². The van der Waals surface area contributed by atoms with Gasteiger partial charge in [-0.3, -0.25) is 4.90 Å². The van der Waals surface area contributed by atoms with Crippen molar-refractivity contribution in [2.24, 2.45) is 0 Å². The maximum atomic E-state index is 5.18. The number of rotatable bonds is 5. The highest BCUT2D eigenvalue weighted by Gasteiger charge is 2.18. The lowest BCUT2D eigenvalue weighted by atomic mass is 9.97. The summed E-state index contributed by atoms with van der Waals surface area (Å²) in [6, 6.07) is 60.9. The van der Waals surface area contributed by atoms with E-state index in [9.17, 15) is 0 Å². The largest absolute Gasteiger partial charge is 0.286 e. The highest BCUT2D eigenvalue weighted by molar-refractivity contribution is 7.23. The number of nitrogens with zero attached hydrogens (tertiary/aromatic N) is 2. The van der Waals surface area contributed by atoms with Crippen LogP contribution in [0.15, 0.2) is 170 Å². The number of benzene rings is 8. The average molecular weight is 605 g/mol. The van der Waals surface area contributed by atoms with E-state index in [1.165, 1.54) is 59.3 Å². The van der Waals surface area contributed by atoms with Gasteiger partial charge in [0.25, 0.3) is 0 Å². The first-order valence-corrected chi connectivity index (χ1v) is 16.4. The van der Waals surface area contributed by atoms with Gasteiger partial charge in [-0.15, -0.1) is 0 Å². The summed E-state index contributed by atoms with van der Waals surface area (Å²) in [7, 11) is 0. The summed E-state index contributed by atoms with van der Waals surface area (Å²) in [5.41, 5.74) is 7.97. The Hall–Kier alpha value is -5.77. The van der Waals surface area contributed by atoms with Crippen LogP contribution in [0.5, 0.6) is 0 Å². The molecule has 0 radical (unpaired) electrons. The molecule has 0 aliphatic heterocycles. The van der Waals surface area contributed by atoms with Crippen molar-refractivity contribution in [3.8, 4) is 22.3 Å². The van der Waals surface area contributed by atoms with E-state index in [0.717, 1.165) is 22.0 Å². The Morgan fingerprint density at radius 2 is 0.913 bits per heavy atom. The Labute approximate surface area is 271 Å². The first-order chi connectivity index (χ1) is 22.8. The van der Waals surface area contributed by atoms with Crippen LogP contribution in [0.4, 0.5) is 16.5 Å². The maximum Gasteiger partial charge on any atom is 0.195 e. The van der Waals surface area contributed by atoms with Crippen LogP contribution in [0.25, 0.3) is 64.8 Å². The van der Waals surface area contributed by atoms with Gasteiger partial charge in [0.15, 0.2) is 5.13 Å². The van der Waals surface area contributed by atoms with E-state index in [1.807, 2.05) is 0 Å². The van der Waals surface area contributed by atoms with Crippen molar-refractivity contribution >= 4 is 70.4 Å². The number of fused-ring (bicyclic) bond motifs is 6. The quantitative estimate of drug-likeness (QED) is 0.182. The van der Waals surface area contributed by atoms with Gasteiger partial charge in [-0.1, -0.05) is 145 Å². The maximum absolute atomic E-state index is 5.18. The predicted molar refractivity (Wildman–Crippen MR) is 198 cm³/mol. The molecule has 216 valence electrons. The first kappa shape index (κ1) is 26.6. The fraction of sp³-hybridized carbons (Fsp3) is 0. The van der Waals surface area contributed by atoms with E-state index < -0.39 is 0 Å². The fourth-order valence-electron chi connectivity index (χ4n) is 6.54. The van der Waals surface area contributed by atoms with Gasteiger partial charge in [0.1, 0.15) is 0 Å². The van der Waals surface area contributed by atoms with E-state index in [0.29, 0.717) is 0 Å². The highest BCUT2D eigenvalue weighted by Crippen LogP contribution is 2.42. The van der Waals surface area contributed by atoms with Crippen LogP contribution < -0.4 is 4.90 Å². The third kappa shape index (κ3) is 4.61. The molecule has 0 atom stereocenters. The normalized spacial score (nSPS) is 11.5. The second-order valence-electron chi connectivity index (χ2n) is 11.6. The lowest BCUT2D eigenvalue weighted by Crippen LogP contribution is -2.09. The van der Waals surface area contributed by atoms with E-state index >= 15 is 0 Å². The summed E-state index contributed by atoms with van der Waals surface area (Å²) < 4.78 is 1.21. The third-order valence-electron chi connectivity index (χ3n) is 8.90. The fourth-order valence-corrected chi connectivity index (χ4v) is 7.68. The molecule has 3 heteroatoms. The van der Waals surface area contributed by atoms with Gasteiger partial charge in [0.05, 0.1) is 10.2 Å². The summed E-state index contributed by atoms with van der Waals surface area (Å²) in [6.45, 7) is 0. The molecule has 0 N–H and O–H groups in total. The monoisotopic (exact) mass is 604 g/mol. The van der Waals surface area contributed by atoms with Crippen molar-refractivity contribution in [1.29, 1.82) is 0 Å². The lowest BCUT2D eigenvalue weighted by Gasteiger charge is -2.23. The standard InChI is InChI=1S/C43H28N2S/c1-2-8-29(9-3-1)30-16-22-36(23-17-30)45(43-44-41-27-21-33-11-5-7-13-40(33)42(41)46-43)37-24-18-31(19-25-37)34-20-26-39-35(28-34)15-14-32-10-4-6-12-38(32)39/h1-28H. The van der Waals surface area contributed by atoms with Crippen molar-refractivity contribution in [3.05, 3.63) is 170 Å². The Morgan fingerprint density at radius 1 is 0.391 bits per heavy atom. The van der Waals surface area contributed by atoms with Crippen LogP contribution in [-0.2, 0) is 0 Å². The van der Waals surface area contributed by atoms with Crippen LogP contribution in [0.2, 0.25) is 0 Å². The zero-order valence-corrected chi connectivity index (χ0v) is 25.8. The van der Waals surface area contributed by atoms with Gasteiger partial charge in [0, 0.05) is 16.8 Å². The molecular weight excluding hydrogens is 577 g/mol. The summed E-state index contributed by atoms with van der Waals surface area (Å²) in [6.07, 6.45) is 0. The lowest BCUT2D eigenvalue weighted by molar-refractivity contribution is 1.25. The van der Waals surface area contributed by atoms with Crippen LogP contribution >= 0.6 is 11.3 Å². The predicted octanol–water partition coefficient (Wildman–Crippen LogP) is 12.6. The topological polar surface area (TPSA) is 16.1 Å². The molecule has 8 aromatic carbocycles. The van der Waals surface area contributed by atoms with Gasteiger partial charge in [-0.2, -0.15) is 0 Å². The van der Waals surface area contributed by atoms with Crippen molar-refractivity contribution in [2.45, 2.75) is 0 Å². The van der Waals surface area contributed by atoms with E-state index in [-0.39, 0.29) is 0 Å². The number of hydrogen-bond donors (Lipinski definition) is 0. The van der Waals surface area contributed by atoms with Gasteiger partial charge in [-0.25, -0.2) is 4.98 Å². The summed E-state index contributed by atoms with van der Waals surface area (Å²) in [4.78, 5) is 7.46. The molecule has 0 aliphatic rings. The minimum absolute atomic E-state index is 0.948. The van der Waals surface area contributed by atoms with Gasteiger partial charge in [-0.05, 0) is 85.6 Å². The first-order valence-electron chi connectivity index (χ1n) is 15.5. The van der Waals surface area contributed by atoms with Crippen molar-refractivity contribution in [1.82, 2.24) is 4.98 Å². The average Bonchev–Trinajstić information content (AvgIpc) is 3.57. The summed E-state index contributed by atoms with van der Waals surface area (Å²) in [5.74, 6) is 0. The van der Waals surface area contributed by atoms with Crippen LogP contribution in [0, 0.1) is 0 Å². The van der Waals surface area contributed by atoms with Crippen molar-refractivity contribution in [3.63, 3.8) is 0 Å². The molecule has 46 heavy (non-hydrogen) atoms. The molecule has 0 saturated carbocycles. The minimum atomic E-state index is 0.948. The molecule has 0 fully saturated rings. The number of anilines is 3. The van der Waals surface area contributed by atoms with E-state index in [2.05, 4.69) is 175 Å². The SMILES string of the molecule is c1ccc(-c2ccc(N(c3ccc(-c4ccc5c(ccc6ccccc65)c4)cc3)c3nc4ccc5ccccc5c4s3)cc2)cc1. The van der Waals surface area contributed by atoms with E-state index in [1.54, 1.807) is 11.3 Å². The summed E-state index contributed by atoms with van der Waals surface area (Å²) in [5, 5.41) is 8.52. The molecule has 1 heterocycles. The zero-order chi connectivity index (χ0) is 30.5. The number of thiazole rings is 1. The molecule has 0 amide bonds. The Morgan fingerprint density at radius 3 is 1.65 bits per heavy atom. The molecule has 0 spiro atoms. The van der Waals surface area contributed by atoms with Crippen molar-refractivity contribution < 1.29 is 0 Å². The van der Waals surface area contributed by atoms with Crippen LogP contribution in [0.3, 0.4) is 0 Å². The molecular formula is C43H28N2S. The molecule has 2 nitrogen and oxygen atoms in total. The smallest absolute Gasteiger partial charge is 0.195 e. The van der Waals surface area contributed by atoms with Gasteiger partial charge in [0.2, 0.25) is 0 Å². The van der Waals surface area contributed by atoms with E-state index in [4.69, 9.17) is 4.98 Å². The third-order valence-corrected chi connectivity index (χ3v) is 9.99. The zero-order valence-electron chi connectivity index (χ0n) is 25.0. The minimum Gasteiger partial charge on any atom is -0.286 e.